The van der Waals surface area contributed by atoms with Crippen LogP contribution in [0, 0.1) is 20.8 Å². The molecule has 0 spiro atoms. The zero-order valence-electron chi connectivity index (χ0n) is 14.3. The fourth-order valence-corrected chi connectivity index (χ4v) is 2.93. The Bertz CT molecular complexity index is 962. The third-order valence-electron chi connectivity index (χ3n) is 4.06. The maximum atomic E-state index is 11.3. The van der Waals surface area contributed by atoms with Gasteiger partial charge in [0, 0.05) is 23.6 Å². The molecule has 0 atom stereocenters. The Balaban J connectivity index is 2.22. The molecule has 0 unspecified atom stereocenters. The predicted molar refractivity (Wildman–Crippen MR) is 97.4 cm³/mol. The molecule has 0 radical (unpaired) electrons. The van der Waals surface area contributed by atoms with Crippen LogP contribution in [-0.4, -0.2) is 16.0 Å². The van der Waals surface area contributed by atoms with Gasteiger partial charge in [-0.2, -0.15) is 0 Å². The summed E-state index contributed by atoms with van der Waals surface area (Å²) in [6.45, 7) is 7.47. The molecule has 4 heteroatoms. The van der Waals surface area contributed by atoms with Gasteiger partial charge >= 0.3 is 0 Å². The Kier molecular flexibility index (Phi) is 3.97. The number of aryl methyl sites for hydroxylation is 3. The molecule has 0 aliphatic heterocycles. The number of amides is 1. The summed E-state index contributed by atoms with van der Waals surface area (Å²) in [5.74, 6) is 0.125. The number of benzene rings is 2. The summed E-state index contributed by atoms with van der Waals surface area (Å²) in [4.78, 5) is 16.1. The van der Waals surface area contributed by atoms with Gasteiger partial charge in [-0.25, -0.2) is 4.98 Å². The lowest BCUT2D eigenvalue weighted by molar-refractivity contribution is -0.114. The molecule has 2 aromatic carbocycles. The molecule has 2 N–H and O–H groups in total. The van der Waals surface area contributed by atoms with E-state index in [-0.39, 0.29) is 11.7 Å². The van der Waals surface area contributed by atoms with Crippen molar-refractivity contribution in [1.29, 1.82) is 0 Å². The van der Waals surface area contributed by atoms with Gasteiger partial charge in [0.15, 0.2) is 0 Å². The topological polar surface area (TPSA) is 62.2 Å². The van der Waals surface area contributed by atoms with Crippen LogP contribution in [-0.2, 0) is 4.79 Å². The summed E-state index contributed by atoms with van der Waals surface area (Å²) in [5, 5.41) is 14.0. The van der Waals surface area contributed by atoms with Crippen LogP contribution in [0.25, 0.3) is 22.2 Å². The van der Waals surface area contributed by atoms with E-state index in [4.69, 9.17) is 4.98 Å². The summed E-state index contributed by atoms with van der Waals surface area (Å²) in [6.07, 6.45) is 0. The first-order valence-electron chi connectivity index (χ1n) is 7.85. The molecule has 0 aliphatic rings. The summed E-state index contributed by atoms with van der Waals surface area (Å²) in [6, 6.07) is 11.3. The van der Waals surface area contributed by atoms with Crippen LogP contribution in [0.5, 0.6) is 5.75 Å². The van der Waals surface area contributed by atoms with Gasteiger partial charge < -0.3 is 10.4 Å². The van der Waals surface area contributed by atoms with E-state index in [2.05, 4.69) is 5.32 Å². The average molecular weight is 320 g/mol. The van der Waals surface area contributed by atoms with Crippen LogP contribution in [0.2, 0.25) is 0 Å². The number of phenols is 1. The van der Waals surface area contributed by atoms with Crippen LogP contribution in [0.4, 0.5) is 5.69 Å². The molecule has 0 aliphatic carbocycles. The minimum Gasteiger partial charge on any atom is -0.507 e. The van der Waals surface area contributed by atoms with E-state index in [1.165, 1.54) is 6.92 Å². The Morgan fingerprint density at radius 1 is 1.04 bits per heavy atom. The maximum Gasteiger partial charge on any atom is 0.221 e. The maximum absolute atomic E-state index is 11.3. The van der Waals surface area contributed by atoms with Crippen molar-refractivity contribution >= 4 is 22.5 Å². The molecule has 1 aromatic heterocycles. The largest absolute Gasteiger partial charge is 0.507 e. The molecule has 1 amide bonds. The SMILES string of the molecule is CC(=O)Nc1cc(C)c2nc(-c3cc(C)ccc3O)cc(C)c2c1. The monoisotopic (exact) mass is 320 g/mol. The van der Waals surface area contributed by atoms with Crippen LogP contribution in [0.1, 0.15) is 23.6 Å². The fourth-order valence-electron chi connectivity index (χ4n) is 2.93. The van der Waals surface area contributed by atoms with Gasteiger partial charge in [-0.15, -0.1) is 0 Å². The van der Waals surface area contributed by atoms with E-state index in [1.54, 1.807) is 6.07 Å². The van der Waals surface area contributed by atoms with Crippen LogP contribution < -0.4 is 5.32 Å². The molecule has 0 bridgehead atoms. The molecule has 4 nitrogen and oxygen atoms in total. The molecule has 122 valence electrons. The second kappa shape index (κ2) is 5.96. The van der Waals surface area contributed by atoms with Crippen LogP contribution >= 0.6 is 0 Å². The zero-order chi connectivity index (χ0) is 17.4. The molecular formula is C20H20N2O2. The number of phenolic OH excluding ortho intramolecular Hbond substituents is 1. The summed E-state index contributed by atoms with van der Waals surface area (Å²) in [5.41, 5.74) is 6.21. The number of nitrogens with one attached hydrogen (secondary N) is 1. The third kappa shape index (κ3) is 2.95. The highest BCUT2D eigenvalue weighted by Crippen LogP contribution is 2.33. The van der Waals surface area contributed by atoms with E-state index in [0.29, 0.717) is 0 Å². The predicted octanol–water partition coefficient (Wildman–Crippen LogP) is 4.49. The quantitative estimate of drug-likeness (QED) is 0.731. The minimum absolute atomic E-state index is 0.0966. The molecular weight excluding hydrogens is 300 g/mol. The fraction of sp³-hybridized carbons (Fsp3) is 0.200. The Morgan fingerprint density at radius 2 is 1.79 bits per heavy atom. The highest BCUT2D eigenvalue weighted by atomic mass is 16.3. The lowest BCUT2D eigenvalue weighted by Gasteiger charge is -2.12. The first kappa shape index (κ1) is 16.0. The highest BCUT2D eigenvalue weighted by Gasteiger charge is 2.12. The van der Waals surface area contributed by atoms with Gasteiger partial charge in [-0.1, -0.05) is 11.6 Å². The lowest BCUT2D eigenvalue weighted by Crippen LogP contribution is -2.06. The van der Waals surface area contributed by atoms with Crippen molar-refractivity contribution in [3.63, 3.8) is 0 Å². The molecule has 24 heavy (non-hydrogen) atoms. The van der Waals surface area contributed by atoms with Crippen molar-refractivity contribution in [1.82, 2.24) is 4.98 Å². The van der Waals surface area contributed by atoms with Crippen molar-refractivity contribution in [2.24, 2.45) is 0 Å². The molecule has 1 heterocycles. The van der Waals surface area contributed by atoms with E-state index in [0.717, 1.165) is 44.5 Å². The standard InChI is InChI=1S/C20H20N2O2/c1-11-5-6-19(24)17(7-11)18-9-12(2)16-10-15(21-14(4)23)8-13(3)20(16)22-18/h5-10,24H,1-4H3,(H,21,23). The molecule has 0 saturated carbocycles. The summed E-state index contributed by atoms with van der Waals surface area (Å²) in [7, 11) is 0. The number of carbonyl (C=O) groups excluding carboxylic acids is 1. The van der Waals surface area contributed by atoms with Gasteiger partial charge in [-0.3, -0.25) is 4.79 Å². The van der Waals surface area contributed by atoms with Crippen molar-refractivity contribution in [2.75, 3.05) is 5.32 Å². The van der Waals surface area contributed by atoms with Gasteiger partial charge in [0.25, 0.3) is 0 Å². The van der Waals surface area contributed by atoms with Crippen molar-refractivity contribution in [3.05, 3.63) is 53.1 Å². The van der Waals surface area contributed by atoms with E-state index in [9.17, 15) is 9.90 Å². The first-order chi connectivity index (χ1) is 11.3. The van der Waals surface area contributed by atoms with Crippen molar-refractivity contribution in [3.8, 4) is 17.0 Å². The van der Waals surface area contributed by atoms with Crippen molar-refractivity contribution < 1.29 is 9.90 Å². The minimum atomic E-state index is -0.0966. The second-order valence-electron chi connectivity index (χ2n) is 6.22. The van der Waals surface area contributed by atoms with Gasteiger partial charge in [0.1, 0.15) is 5.75 Å². The van der Waals surface area contributed by atoms with E-state index < -0.39 is 0 Å². The Morgan fingerprint density at radius 3 is 2.50 bits per heavy atom. The second-order valence-corrected chi connectivity index (χ2v) is 6.22. The molecule has 0 fully saturated rings. The number of pyridine rings is 1. The number of aromatic hydroxyl groups is 1. The number of anilines is 1. The zero-order valence-corrected chi connectivity index (χ0v) is 14.3. The van der Waals surface area contributed by atoms with Crippen LogP contribution in [0.15, 0.2) is 36.4 Å². The number of fused-ring (bicyclic) bond motifs is 1. The average Bonchev–Trinajstić information content (AvgIpc) is 2.50. The number of hydrogen-bond donors (Lipinski definition) is 2. The Labute approximate surface area is 141 Å². The lowest BCUT2D eigenvalue weighted by atomic mass is 10.0. The number of nitrogens with zero attached hydrogens (tertiary/aromatic N) is 1. The normalized spacial score (nSPS) is 10.8. The molecule has 3 aromatic rings. The van der Waals surface area contributed by atoms with Gasteiger partial charge in [-0.05, 0) is 62.2 Å². The third-order valence-corrected chi connectivity index (χ3v) is 4.06. The highest BCUT2D eigenvalue weighted by molar-refractivity contribution is 5.95. The first-order valence-corrected chi connectivity index (χ1v) is 7.85. The molecule has 0 saturated heterocycles. The molecule has 3 rings (SSSR count). The number of aromatic nitrogens is 1. The number of hydrogen-bond acceptors (Lipinski definition) is 3. The van der Waals surface area contributed by atoms with Gasteiger partial charge in [0.2, 0.25) is 5.91 Å². The van der Waals surface area contributed by atoms with Gasteiger partial charge in [0.05, 0.1) is 11.2 Å². The number of rotatable bonds is 2. The summed E-state index contributed by atoms with van der Waals surface area (Å²) >= 11 is 0. The van der Waals surface area contributed by atoms with Crippen LogP contribution in [0.3, 0.4) is 0 Å². The van der Waals surface area contributed by atoms with E-state index >= 15 is 0 Å². The Hall–Kier alpha value is -2.88. The smallest absolute Gasteiger partial charge is 0.221 e. The van der Waals surface area contributed by atoms with E-state index in [1.807, 2.05) is 51.1 Å². The summed E-state index contributed by atoms with van der Waals surface area (Å²) < 4.78 is 0. The van der Waals surface area contributed by atoms with Crippen molar-refractivity contribution in [2.45, 2.75) is 27.7 Å². The number of carbonyl (C=O) groups is 1.